The van der Waals surface area contributed by atoms with Gasteiger partial charge in [-0.25, -0.2) is 0 Å². The Morgan fingerprint density at radius 1 is 1.56 bits per heavy atom. The molecule has 0 fully saturated rings. The van der Waals surface area contributed by atoms with E-state index in [1.807, 2.05) is 0 Å². The third-order valence-corrected chi connectivity index (χ3v) is 2.02. The van der Waals surface area contributed by atoms with Gasteiger partial charge in [0.1, 0.15) is 6.04 Å². The van der Waals surface area contributed by atoms with E-state index in [4.69, 9.17) is 15.6 Å². The van der Waals surface area contributed by atoms with Crippen molar-refractivity contribution >= 4 is 18.4 Å². The monoisotopic (exact) mass is 247 g/mol. The molecule has 0 bridgehead atoms. The fourth-order valence-electron chi connectivity index (χ4n) is 1.20. The number of aliphatic carboxylic acids is 1. The molecule has 5 nitrogen and oxygen atoms in total. The lowest BCUT2D eigenvalue weighted by Crippen LogP contribution is -2.32. The molecule has 0 saturated heterocycles. The van der Waals surface area contributed by atoms with E-state index in [1.54, 1.807) is 12.1 Å². The summed E-state index contributed by atoms with van der Waals surface area (Å²) in [6, 6.07) is 3.72. The van der Waals surface area contributed by atoms with E-state index in [0.29, 0.717) is 11.3 Å². The zero-order valence-electron chi connectivity index (χ0n) is 8.71. The van der Waals surface area contributed by atoms with E-state index < -0.39 is 12.0 Å². The van der Waals surface area contributed by atoms with Crippen LogP contribution in [0.2, 0.25) is 0 Å². The van der Waals surface area contributed by atoms with Crippen LogP contribution in [0.25, 0.3) is 0 Å². The molecule has 0 heterocycles. The lowest BCUT2D eigenvalue weighted by Gasteiger charge is -2.08. The number of rotatable bonds is 4. The molecule has 16 heavy (non-hydrogen) atoms. The minimum atomic E-state index is -1.06. The first-order chi connectivity index (χ1) is 7.04. The predicted molar refractivity (Wildman–Crippen MR) is 61.2 cm³/mol. The van der Waals surface area contributed by atoms with Gasteiger partial charge in [0, 0.05) is 0 Å². The van der Waals surface area contributed by atoms with Gasteiger partial charge in [-0.05, 0) is 24.1 Å². The van der Waals surface area contributed by atoms with Crippen LogP contribution in [0, 0.1) is 0 Å². The average molecular weight is 248 g/mol. The number of aromatic hydroxyl groups is 1. The maximum absolute atomic E-state index is 10.5. The SMILES string of the molecule is COc1ccc(CC(N)C(=O)O)cc1O.Cl. The van der Waals surface area contributed by atoms with Crippen LogP contribution in [0.4, 0.5) is 0 Å². The molecule has 4 N–H and O–H groups in total. The second-order valence-corrected chi connectivity index (χ2v) is 3.16. The molecule has 0 saturated carbocycles. The first-order valence-electron chi connectivity index (χ1n) is 4.39. The van der Waals surface area contributed by atoms with E-state index in [2.05, 4.69) is 0 Å². The number of hydrogen-bond acceptors (Lipinski definition) is 4. The Bertz CT molecular complexity index is 370. The number of hydrogen-bond donors (Lipinski definition) is 3. The molecule has 1 unspecified atom stereocenters. The number of methoxy groups -OCH3 is 1. The predicted octanol–water partition coefficient (Wildman–Crippen LogP) is 0.777. The molecule has 1 aromatic carbocycles. The number of nitrogens with two attached hydrogens (primary N) is 1. The molecular weight excluding hydrogens is 234 g/mol. The molecule has 0 aliphatic carbocycles. The minimum absolute atomic E-state index is 0. The van der Waals surface area contributed by atoms with Gasteiger partial charge in [0.2, 0.25) is 0 Å². The van der Waals surface area contributed by atoms with Crippen molar-refractivity contribution in [1.82, 2.24) is 0 Å². The van der Waals surface area contributed by atoms with E-state index >= 15 is 0 Å². The van der Waals surface area contributed by atoms with Crippen molar-refractivity contribution in [2.75, 3.05) is 7.11 Å². The van der Waals surface area contributed by atoms with E-state index in [-0.39, 0.29) is 24.6 Å². The van der Waals surface area contributed by atoms with Gasteiger partial charge in [-0.3, -0.25) is 4.79 Å². The van der Waals surface area contributed by atoms with E-state index in [0.717, 1.165) is 0 Å². The summed E-state index contributed by atoms with van der Waals surface area (Å²) in [5, 5.41) is 18.0. The van der Waals surface area contributed by atoms with Crippen LogP contribution in [0.1, 0.15) is 5.56 Å². The number of phenols is 1. The average Bonchev–Trinajstić information content (AvgIpc) is 2.18. The molecule has 1 rings (SSSR count). The molecule has 0 spiro atoms. The summed E-state index contributed by atoms with van der Waals surface area (Å²) in [7, 11) is 1.44. The van der Waals surface area contributed by atoms with Crippen LogP contribution < -0.4 is 10.5 Å². The lowest BCUT2D eigenvalue weighted by atomic mass is 10.1. The number of carboxylic acids is 1. The second-order valence-electron chi connectivity index (χ2n) is 3.16. The molecule has 6 heteroatoms. The number of ether oxygens (including phenoxy) is 1. The van der Waals surface area contributed by atoms with Crippen LogP contribution in [-0.2, 0) is 11.2 Å². The van der Waals surface area contributed by atoms with Crippen LogP contribution in [-0.4, -0.2) is 29.3 Å². The fraction of sp³-hybridized carbons (Fsp3) is 0.300. The van der Waals surface area contributed by atoms with Gasteiger partial charge < -0.3 is 20.7 Å². The van der Waals surface area contributed by atoms with Gasteiger partial charge in [0.15, 0.2) is 11.5 Å². The molecular formula is C10H14ClNO4. The van der Waals surface area contributed by atoms with Crippen molar-refractivity contribution in [2.24, 2.45) is 5.73 Å². The van der Waals surface area contributed by atoms with Crippen molar-refractivity contribution in [2.45, 2.75) is 12.5 Å². The summed E-state index contributed by atoms with van der Waals surface area (Å²) < 4.78 is 4.85. The Hall–Kier alpha value is -1.46. The summed E-state index contributed by atoms with van der Waals surface area (Å²) in [6.45, 7) is 0. The highest BCUT2D eigenvalue weighted by Gasteiger charge is 2.13. The summed E-state index contributed by atoms with van der Waals surface area (Å²) >= 11 is 0. The standard InChI is InChI=1S/C10H13NO4.ClH/c1-15-9-3-2-6(5-8(9)12)4-7(11)10(13)14;/h2-3,5,7,12H,4,11H2,1H3,(H,13,14);1H. The Labute approximate surface area is 99.2 Å². The van der Waals surface area contributed by atoms with Gasteiger partial charge in [-0.1, -0.05) is 6.07 Å². The highest BCUT2D eigenvalue weighted by atomic mass is 35.5. The first kappa shape index (κ1) is 14.5. The first-order valence-corrected chi connectivity index (χ1v) is 4.39. The maximum atomic E-state index is 10.5. The summed E-state index contributed by atoms with van der Waals surface area (Å²) in [6.07, 6.45) is 0.173. The second kappa shape index (κ2) is 6.19. The molecule has 1 aromatic rings. The Morgan fingerprint density at radius 3 is 2.62 bits per heavy atom. The largest absolute Gasteiger partial charge is 0.504 e. The van der Waals surface area contributed by atoms with Gasteiger partial charge >= 0.3 is 5.97 Å². The van der Waals surface area contributed by atoms with Gasteiger partial charge in [0.05, 0.1) is 7.11 Å². The molecule has 1 atom stereocenters. The van der Waals surface area contributed by atoms with Crippen molar-refractivity contribution in [3.05, 3.63) is 23.8 Å². The zero-order valence-corrected chi connectivity index (χ0v) is 9.53. The van der Waals surface area contributed by atoms with E-state index in [9.17, 15) is 9.90 Å². The molecule has 0 aromatic heterocycles. The van der Waals surface area contributed by atoms with Gasteiger partial charge in [-0.15, -0.1) is 12.4 Å². The number of carbonyl (C=O) groups is 1. The van der Waals surface area contributed by atoms with Crippen LogP contribution >= 0.6 is 12.4 Å². The molecule has 0 aliphatic heterocycles. The quantitative estimate of drug-likeness (QED) is 0.731. The highest BCUT2D eigenvalue weighted by molar-refractivity contribution is 5.85. The van der Waals surface area contributed by atoms with Crippen molar-refractivity contribution in [3.63, 3.8) is 0 Å². The summed E-state index contributed by atoms with van der Waals surface area (Å²) in [4.78, 5) is 10.5. The lowest BCUT2D eigenvalue weighted by molar-refractivity contribution is -0.138. The Morgan fingerprint density at radius 2 is 2.19 bits per heavy atom. The van der Waals surface area contributed by atoms with Crippen molar-refractivity contribution in [1.29, 1.82) is 0 Å². The number of phenolic OH excluding ortho intramolecular Hbond substituents is 1. The van der Waals surface area contributed by atoms with E-state index in [1.165, 1.54) is 13.2 Å². The third-order valence-electron chi connectivity index (χ3n) is 2.02. The third kappa shape index (κ3) is 3.60. The topological polar surface area (TPSA) is 92.8 Å². The van der Waals surface area contributed by atoms with Crippen molar-refractivity contribution < 1.29 is 19.7 Å². The van der Waals surface area contributed by atoms with Crippen molar-refractivity contribution in [3.8, 4) is 11.5 Å². The zero-order chi connectivity index (χ0) is 11.4. The summed E-state index contributed by atoms with van der Waals surface area (Å²) in [5.74, 6) is -0.736. The smallest absolute Gasteiger partial charge is 0.320 e. The molecule has 0 amide bonds. The fourth-order valence-corrected chi connectivity index (χ4v) is 1.20. The Balaban J connectivity index is 0.00000225. The molecule has 0 radical (unpaired) electrons. The minimum Gasteiger partial charge on any atom is -0.504 e. The number of benzene rings is 1. The normalized spacial score (nSPS) is 11.4. The van der Waals surface area contributed by atoms with Crippen LogP contribution in [0.5, 0.6) is 11.5 Å². The Kier molecular flexibility index (Phi) is 5.63. The van der Waals surface area contributed by atoms with Gasteiger partial charge in [0.25, 0.3) is 0 Å². The summed E-state index contributed by atoms with van der Waals surface area (Å²) in [5.41, 5.74) is 6.01. The van der Waals surface area contributed by atoms with Crippen LogP contribution in [0.3, 0.4) is 0 Å². The maximum Gasteiger partial charge on any atom is 0.320 e. The molecule has 0 aliphatic rings. The highest BCUT2D eigenvalue weighted by Crippen LogP contribution is 2.26. The molecule has 90 valence electrons. The number of halogens is 1. The van der Waals surface area contributed by atoms with Crippen LogP contribution in [0.15, 0.2) is 18.2 Å². The number of carboxylic acid groups (broad SMARTS) is 1. The van der Waals surface area contributed by atoms with Gasteiger partial charge in [-0.2, -0.15) is 0 Å².